The minimum Gasteiger partial charge on any atom is -0.497 e. The molecule has 0 atom stereocenters. The zero-order valence-corrected chi connectivity index (χ0v) is 18.9. The van der Waals surface area contributed by atoms with Crippen LogP contribution in [0.25, 0.3) is 0 Å². The number of sulfonamides is 1. The smallest absolute Gasteiger partial charge is 0.275 e. The van der Waals surface area contributed by atoms with Crippen LogP contribution in [0.2, 0.25) is 0 Å². The van der Waals surface area contributed by atoms with Gasteiger partial charge < -0.3 is 20.4 Å². The number of hydrogen-bond donors (Lipinski definition) is 4. The van der Waals surface area contributed by atoms with E-state index in [1.165, 1.54) is 55.8 Å². The summed E-state index contributed by atoms with van der Waals surface area (Å²) in [4.78, 5) is 24.9. The number of ether oxygens (including phenoxy) is 1. The van der Waals surface area contributed by atoms with Crippen molar-refractivity contribution in [1.29, 1.82) is 5.41 Å². The van der Waals surface area contributed by atoms with Crippen LogP contribution in [0.3, 0.4) is 0 Å². The standard InChI is InChI=1S/C22H22FN5O5S/c1-33-15-4-2-5-16(11-15)34(31,32)27-19-6-3-9-28(22(19)30)13-20(29)26-12-14-7-8-17(21(24)25)18(23)10-14/h2-11,27H,12-13H2,1H3,(H3,24,25)(H,26,29). The second kappa shape index (κ2) is 10.2. The summed E-state index contributed by atoms with van der Waals surface area (Å²) in [6.45, 7) is -0.410. The van der Waals surface area contributed by atoms with Crippen molar-refractivity contribution in [2.24, 2.45) is 5.73 Å². The van der Waals surface area contributed by atoms with Crippen LogP contribution in [0.1, 0.15) is 11.1 Å². The first-order valence-corrected chi connectivity index (χ1v) is 11.3. The van der Waals surface area contributed by atoms with Gasteiger partial charge in [-0.05, 0) is 42.0 Å². The highest BCUT2D eigenvalue weighted by atomic mass is 32.2. The number of anilines is 1. The number of nitrogens with two attached hydrogens (primary N) is 1. The van der Waals surface area contributed by atoms with E-state index in [0.29, 0.717) is 11.3 Å². The summed E-state index contributed by atoms with van der Waals surface area (Å²) in [6, 6.07) is 12.5. The minimum absolute atomic E-state index is 0.0230. The number of carbonyl (C=O) groups excluding carboxylic acids is 1. The van der Waals surface area contributed by atoms with Gasteiger partial charge in [-0.3, -0.25) is 19.7 Å². The lowest BCUT2D eigenvalue weighted by Crippen LogP contribution is -2.33. The highest BCUT2D eigenvalue weighted by Crippen LogP contribution is 2.19. The van der Waals surface area contributed by atoms with E-state index >= 15 is 0 Å². The predicted molar refractivity (Wildman–Crippen MR) is 124 cm³/mol. The quantitative estimate of drug-likeness (QED) is 0.264. The van der Waals surface area contributed by atoms with Gasteiger partial charge in [-0.2, -0.15) is 0 Å². The van der Waals surface area contributed by atoms with Gasteiger partial charge in [0.2, 0.25) is 5.91 Å². The van der Waals surface area contributed by atoms with Gasteiger partial charge in [0.05, 0.1) is 17.6 Å². The molecule has 0 aliphatic heterocycles. The number of hydrogen-bond acceptors (Lipinski definition) is 6. The van der Waals surface area contributed by atoms with Crippen LogP contribution in [-0.2, 0) is 27.9 Å². The number of amides is 1. The molecule has 2 aromatic carbocycles. The molecule has 1 heterocycles. The molecule has 0 aliphatic carbocycles. The van der Waals surface area contributed by atoms with Gasteiger partial charge in [0.25, 0.3) is 15.6 Å². The first kappa shape index (κ1) is 24.5. The molecule has 0 unspecified atom stereocenters. The van der Waals surface area contributed by atoms with Crippen molar-refractivity contribution < 1.29 is 22.3 Å². The van der Waals surface area contributed by atoms with Gasteiger partial charge in [-0.15, -0.1) is 0 Å². The molecule has 0 bridgehead atoms. The molecule has 3 rings (SSSR count). The Bertz CT molecular complexity index is 1400. The summed E-state index contributed by atoms with van der Waals surface area (Å²) in [5, 5.41) is 9.84. The summed E-state index contributed by atoms with van der Waals surface area (Å²) in [5.41, 5.74) is 4.71. The van der Waals surface area contributed by atoms with Crippen molar-refractivity contribution in [2.45, 2.75) is 18.0 Å². The van der Waals surface area contributed by atoms with Crippen LogP contribution in [0, 0.1) is 11.2 Å². The summed E-state index contributed by atoms with van der Waals surface area (Å²) >= 11 is 0. The monoisotopic (exact) mass is 487 g/mol. The van der Waals surface area contributed by atoms with Crippen molar-refractivity contribution in [3.63, 3.8) is 0 Å². The molecule has 0 spiro atoms. The average molecular weight is 488 g/mol. The molecule has 5 N–H and O–H groups in total. The molecule has 0 aliphatic rings. The second-order valence-corrected chi connectivity index (χ2v) is 8.83. The van der Waals surface area contributed by atoms with E-state index in [0.717, 1.165) is 10.6 Å². The third-order valence-corrected chi connectivity index (χ3v) is 6.11. The summed E-state index contributed by atoms with van der Waals surface area (Å²) in [6.07, 6.45) is 1.34. The Balaban J connectivity index is 1.70. The van der Waals surface area contributed by atoms with Gasteiger partial charge in [-0.25, -0.2) is 12.8 Å². The van der Waals surface area contributed by atoms with Crippen LogP contribution < -0.4 is 26.1 Å². The highest BCUT2D eigenvalue weighted by Gasteiger charge is 2.18. The van der Waals surface area contributed by atoms with E-state index in [2.05, 4.69) is 10.0 Å². The number of pyridine rings is 1. The first-order chi connectivity index (χ1) is 16.1. The molecule has 1 amide bonds. The summed E-state index contributed by atoms with van der Waals surface area (Å²) in [5.74, 6) is -1.31. The predicted octanol–water partition coefficient (Wildman–Crippen LogP) is 1.40. The number of halogens is 1. The maximum absolute atomic E-state index is 13.9. The van der Waals surface area contributed by atoms with E-state index < -0.39 is 33.1 Å². The average Bonchev–Trinajstić information content (AvgIpc) is 2.80. The highest BCUT2D eigenvalue weighted by molar-refractivity contribution is 7.92. The number of amidine groups is 1. The number of carbonyl (C=O) groups is 1. The molecule has 34 heavy (non-hydrogen) atoms. The Hall–Kier alpha value is -4.19. The van der Waals surface area contributed by atoms with Crippen molar-refractivity contribution in [3.05, 3.63) is 88.1 Å². The molecule has 0 fully saturated rings. The Labute approximate surface area is 194 Å². The fraction of sp³-hybridized carbons (Fsp3) is 0.136. The number of nitrogens with zero attached hydrogens (tertiary/aromatic N) is 1. The summed E-state index contributed by atoms with van der Waals surface area (Å²) in [7, 11) is -2.68. The van der Waals surface area contributed by atoms with Gasteiger partial charge >= 0.3 is 0 Å². The molecule has 10 nitrogen and oxygen atoms in total. The van der Waals surface area contributed by atoms with E-state index in [1.807, 2.05) is 0 Å². The van der Waals surface area contributed by atoms with Crippen LogP contribution in [0.4, 0.5) is 10.1 Å². The molecule has 0 radical (unpaired) electrons. The lowest BCUT2D eigenvalue weighted by atomic mass is 10.1. The molecular formula is C22H22FN5O5S. The number of methoxy groups -OCH3 is 1. The normalized spacial score (nSPS) is 11.0. The van der Waals surface area contributed by atoms with E-state index in [1.54, 1.807) is 6.07 Å². The Morgan fingerprint density at radius 1 is 1.18 bits per heavy atom. The van der Waals surface area contributed by atoms with Crippen molar-refractivity contribution in [2.75, 3.05) is 11.8 Å². The molecule has 12 heteroatoms. The SMILES string of the molecule is COc1cccc(S(=O)(=O)Nc2cccn(CC(=O)NCc3ccc(C(=N)N)c(F)c3)c2=O)c1. The van der Waals surface area contributed by atoms with Crippen LogP contribution in [0.15, 0.2) is 70.5 Å². The lowest BCUT2D eigenvalue weighted by Gasteiger charge is -2.12. The first-order valence-electron chi connectivity index (χ1n) is 9.86. The zero-order chi connectivity index (χ0) is 24.9. The van der Waals surface area contributed by atoms with Crippen LogP contribution in [-0.4, -0.2) is 31.8 Å². The number of rotatable bonds is 9. The van der Waals surface area contributed by atoms with Gasteiger partial charge in [-0.1, -0.05) is 12.1 Å². The fourth-order valence-corrected chi connectivity index (χ4v) is 4.10. The number of nitrogens with one attached hydrogen (secondary N) is 3. The number of benzene rings is 2. The molecule has 3 aromatic rings. The maximum Gasteiger partial charge on any atom is 0.275 e. The third-order valence-electron chi connectivity index (χ3n) is 4.74. The van der Waals surface area contributed by atoms with Gasteiger partial charge in [0.1, 0.15) is 29.6 Å². The van der Waals surface area contributed by atoms with Crippen molar-refractivity contribution in [3.8, 4) is 5.75 Å². The summed E-state index contributed by atoms with van der Waals surface area (Å²) < 4.78 is 47.5. The van der Waals surface area contributed by atoms with E-state index in [-0.39, 0.29) is 29.2 Å². The van der Waals surface area contributed by atoms with Crippen molar-refractivity contribution >= 4 is 27.5 Å². The number of nitrogen functional groups attached to an aromatic ring is 1. The molecule has 178 valence electrons. The largest absolute Gasteiger partial charge is 0.497 e. The topological polar surface area (TPSA) is 156 Å². The minimum atomic E-state index is -4.08. The van der Waals surface area contributed by atoms with E-state index in [9.17, 15) is 22.4 Å². The van der Waals surface area contributed by atoms with Crippen molar-refractivity contribution in [1.82, 2.24) is 9.88 Å². The molecule has 0 saturated heterocycles. The Kier molecular flexibility index (Phi) is 7.31. The van der Waals surface area contributed by atoms with Gasteiger partial charge in [0.15, 0.2) is 0 Å². The number of aromatic nitrogens is 1. The molecular weight excluding hydrogens is 465 g/mol. The van der Waals surface area contributed by atoms with Crippen LogP contribution in [0.5, 0.6) is 5.75 Å². The molecule has 0 saturated carbocycles. The third kappa shape index (κ3) is 5.78. The lowest BCUT2D eigenvalue weighted by molar-refractivity contribution is -0.121. The van der Waals surface area contributed by atoms with Crippen LogP contribution >= 0.6 is 0 Å². The maximum atomic E-state index is 13.9. The Morgan fingerprint density at radius 2 is 1.94 bits per heavy atom. The zero-order valence-electron chi connectivity index (χ0n) is 18.0. The Morgan fingerprint density at radius 3 is 2.62 bits per heavy atom. The fourth-order valence-electron chi connectivity index (χ4n) is 3.01. The van der Waals surface area contributed by atoms with Gasteiger partial charge in [0, 0.05) is 18.8 Å². The second-order valence-electron chi connectivity index (χ2n) is 7.14. The molecule has 1 aromatic heterocycles. The van der Waals surface area contributed by atoms with E-state index in [4.69, 9.17) is 15.9 Å².